The number of carbonyl (C=O) groups is 1. The fraction of sp³-hybridized carbons (Fsp3) is 0.474. The van der Waals surface area contributed by atoms with Crippen molar-refractivity contribution >= 4 is 5.91 Å². The van der Waals surface area contributed by atoms with E-state index >= 15 is 0 Å². The van der Waals surface area contributed by atoms with Crippen LogP contribution in [0.25, 0.3) is 0 Å². The number of amides is 1. The number of nitrogens with one attached hydrogen (secondary N) is 1. The van der Waals surface area contributed by atoms with Gasteiger partial charge < -0.3 is 14.8 Å². The number of hydrogen-bond acceptors (Lipinski definition) is 5. The Morgan fingerprint density at radius 2 is 2.08 bits per heavy atom. The number of ether oxygens (including phenoxy) is 2. The van der Waals surface area contributed by atoms with Crippen LogP contribution in [0.5, 0.6) is 5.75 Å². The Morgan fingerprint density at radius 1 is 1.31 bits per heavy atom. The predicted molar refractivity (Wildman–Crippen MR) is 98.0 cm³/mol. The van der Waals surface area contributed by atoms with Crippen molar-refractivity contribution in [3.8, 4) is 5.75 Å². The van der Waals surface area contributed by atoms with E-state index in [1.165, 1.54) is 5.56 Å². The van der Waals surface area contributed by atoms with Crippen LogP contribution in [0.2, 0.25) is 0 Å². The van der Waals surface area contributed by atoms with Gasteiger partial charge in [-0.2, -0.15) is 5.10 Å². The van der Waals surface area contributed by atoms with Crippen molar-refractivity contribution in [1.29, 1.82) is 0 Å². The molecule has 0 bridgehead atoms. The van der Waals surface area contributed by atoms with Gasteiger partial charge in [0.2, 0.25) is 5.91 Å². The van der Waals surface area contributed by atoms with E-state index in [1.807, 2.05) is 24.4 Å². The van der Waals surface area contributed by atoms with Crippen molar-refractivity contribution in [1.82, 2.24) is 20.0 Å². The number of aryl methyl sites for hydroxylation is 1. The van der Waals surface area contributed by atoms with Crippen LogP contribution in [-0.2, 0) is 16.1 Å². The Balaban J connectivity index is 1.59. The second-order valence-corrected chi connectivity index (χ2v) is 6.26. The number of methoxy groups -OCH3 is 1. The number of benzene rings is 1. The molecule has 1 atom stereocenters. The fourth-order valence-electron chi connectivity index (χ4n) is 3.12. The van der Waals surface area contributed by atoms with E-state index < -0.39 is 0 Å². The maximum absolute atomic E-state index is 12.2. The van der Waals surface area contributed by atoms with Crippen LogP contribution in [-0.4, -0.2) is 60.5 Å². The molecule has 1 amide bonds. The van der Waals surface area contributed by atoms with E-state index in [9.17, 15) is 4.79 Å². The highest BCUT2D eigenvalue weighted by Crippen LogP contribution is 2.23. The standard InChI is InChI=1S/C19H26N4O3/c1-25-17-5-3-16(4-6-17)18(22-11-13-26-14-12-22)15-20-19(24)7-10-23-9-2-8-21-23/h2-6,8-9,18H,7,10-15H2,1H3,(H,20,24). The average Bonchev–Trinajstić information content (AvgIpc) is 3.21. The maximum atomic E-state index is 12.2. The van der Waals surface area contributed by atoms with Crippen LogP contribution in [0.15, 0.2) is 42.7 Å². The van der Waals surface area contributed by atoms with Crippen molar-refractivity contribution in [2.45, 2.75) is 19.0 Å². The highest BCUT2D eigenvalue weighted by molar-refractivity contribution is 5.75. The molecule has 0 radical (unpaired) electrons. The Bertz CT molecular complexity index is 667. The summed E-state index contributed by atoms with van der Waals surface area (Å²) < 4.78 is 12.5. The SMILES string of the molecule is COc1ccc(C(CNC(=O)CCn2cccn2)N2CCOCC2)cc1. The van der Waals surface area contributed by atoms with Crippen molar-refractivity contribution < 1.29 is 14.3 Å². The van der Waals surface area contributed by atoms with Crippen LogP contribution in [0, 0.1) is 0 Å². The number of hydrogen-bond donors (Lipinski definition) is 1. The molecule has 2 heterocycles. The topological polar surface area (TPSA) is 68.6 Å². The zero-order valence-corrected chi connectivity index (χ0v) is 15.1. The fourth-order valence-corrected chi connectivity index (χ4v) is 3.12. The molecule has 1 fully saturated rings. The Labute approximate surface area is 153 Å². The molecule has 2 aromatic rings. The van der Waals surface area contributed by atoms with Crippen LogP contribution in [0.3, 0.4) is 0 Å². The summed E-state index contributed by atoms with van der Waals surface area (Å²) in [6.07, 6.45) is 4.00. The molecule has 1 aliphatic heterocycles. The molecular formula is C19H26N4O3. The minimum Gasteiger partial charge on any atom is -0.497 e. The number of rotatable bonds is 8. The van der Waals surface area contributed by atoms with Crippen LogP contribution < -0.4 is 10.1 Å². The van der Waals surface area contributed by atoms with Gasteiger partial charge >= 0.3 is 0 Å². The third kappa shape index (κ3) is 5.06. The normalized spacial score (nSPS) is 16.2. The van der Waals surface area contributed by atoms with Gasteiger partial charge in [0.25, 0.3) is 0 Å². The van der Waals surface area contributed by atoms with Crippen molar-refractivity contribution in [2.24, 2.45) is 0 Å². The van der Waals surface area contributed by atoms with Gasteiger partial charge in [-0.3, -0.25) is 14.4 Å². The Morgan fingerprint density at radius 3 is 2.73 bits per heavy atom. The minimum atomic E-state index is 0.0345. The number of aromatic nitrogens is 2. The molecule has 0 spiro atoms. The first-order chi connectivity index (χ1) is 12.8. The smallest absolute Gasteiger partial charge is 0.221 e. The van der Waals surface area contributed by atoms with Crippen LogP contribution in [0.4, 0.5) is 0 Å². The predicted octanol–water partition coefficient (Wildman–Crippen LogP) is 1.47. The van der Waals surface area contributed by atoms with E-state index in [0.717, 1.165) is 32.1 Å². The van der Waals surface area contributed by atoms with Gasteiger partial charge in [-0.25, -0.2) is 0 Å². The molecule has 140 valence electrons. The van der Waals surface area contributed by atoms with Gasteiger partial charge in [0.1, 0.15) is 5.75 Å². The number of carbonyl (C=O) groups excluding carboxylic acids is 1. The first kappa shape index (κ1) is 18.4. The summed E-state index contributed by atoms with van der Waals surface area (Å²) in [7, 11) is 1.66. The first-order valence-corrected chi connectivity index (χ1v) is 8.96. The molecule has 26 heavy (non-hydrogen) atoms. The van der Waals surface area contributed by atoms with Gasteiger partial charge in [0.05, 0.1) is 26.4 Å². The van der Waals surface area contributed by atoms with Gasteiger partial charge in [-0.05, 0) is 23.8 Å². The zero-order valence-electron chi connectivity index (χ0n) is 15.1. The number of nitrogens with zero attached hydrogens (tertiary/aromatic N) is 3. The highest BCUT2D eigenvalue weighted by Gasteiger charge is 2.23. The van der Waals surface area contributed by atoms with E-state index in [0.29, 0.717) is 19.5 Å². The molecule has 1 saturated heterocycles. The molecule has 3 rings (SSSR count). The third-order valence-electron chi connectivity index (χ3n) is 4.61. The second kappa shape index (κ2) is 9.35. The lowest BCUT2D eigenvalue weighted by molar-refractivity contribution is -0.121. The molecule has 1 aromatic heterocycles. The summed E-state index contributed by atoms with van der Waals surface area (Å²) in [6.45, 7) is 4.33. The first-order valence-electron chi connectivity index (χ1n) is 8.96. The molecule has 1 N–H and O–H groups in total. The monoisotopic (exact) mass is 358 g/mol. The largest absolute Gasteiger partial charge is 0.497 e. The van der Waals surface area contributed by atoms with Crippen LogP contribution >= 0.6 is 0 Å². The molecular weight excluding hydrogens is 332 g/mol. The van der Waals surface area contributed by atoms with Gasteiger partial charge in [-0.15, -0.1) is 0 Å². The number of morpholine rings is 1. The van der Waals surface area contributed by atoms with Gasteiger partial charge in [-0.1, -0.05) is 12.1 Å². The lowest BCUT2D eigenvalue weighted by Gasteiger charge is -2.35. The van der Waals surface area contributed by atoms with Crippen molar-refractivity contribution in [3.05, 3.63) is 48.3 Å². The maximum Gasteiger partial charge on any atom is 0.221 e. The third-order valence-corrected chi connectivity index (χ3v) is 4.61. The van der Waals surface area contributed by atoms with Crippen molar-refractivity contribution in [3.63, 3.8) is 0 Å². The highest BCUT2D eigenvalue weighted by atomic mass is 16.5. The summed E-state index contributed by atoms with van der Waals surface area (Å²) >= 11 is 0. The molecule has 0 aliphatic carbocycles. The molecule has 0 saturated carbocycles. The second-order valence-electron chi connectivity index (χ2n) is 6.26. The molecule has 7 nitrogen and oxygen atoms in total. The summed E-state index contributed by atoms with van der Waals surface area (Å²) in [4.78, 5) is 14.6. The van der Waals surface area contributed by atoms with Gasteiger partial charge in [0.15, 0.2) is 0 Å². The van der Waals surface area contributed by atoms with E-state index in [-0.39, 0.29) is 11.9 Å². The van der Waals surface area contributed by atoms with E-state index in [1.54, 1.807) is 18.0 Å². The summed E-state index contributed by atoms with van der Waals surface area (Å²) in [5.74, 6) is 0.866. The van der Waals surface area contributed by atoms with E-state index in [4.69, 9.17) is 9.47 Å². The lowest BCUT2D eigenvalue weighted by Crippen LogP contribution is -2.43. The molecule has 1 unspecified atom stereocenters. The average molecular weight is 358 g/mol. The summed E-state index contributed by atoms with van der Waals surface area (Å²) in [6, 6.07) is 10.0. The quantitative estimate of drug-likeness (QED) is 0.774. The molecule has 1 aromatic carbocycles. The lowest BCUT2D eigenvalue weighted by atomic mass is 10.0. The Kier molecular flexibility index (Phi) is 6.62. The zero-order chi connectivity index (χ0) is 18.2. The summed E-state index contributed by atoms with van der Waals surface area (Å²) in [5, 5.41) is 7.20. The Hall–Kier alpha value is -2.38. The van der Waals surface area contributed by atoms with Gasteiger partial charge in [0, 0.05) is 45.0 Å². The van der Waals surface area contributed by atoms with Crippen molar-refractivity contribution in [2.75, 3.05) is 40.0 Å². The molecule has 7 heteroatoms. The molecule has 1 aliphatic rings. The minimum absolute atomic E-state index is 0.0345. The van der Waals surface area contributed by atoms with Crippen LogP contribution in [0.1, 0.15) is 18.0 Å². The summed E-state index contributed by atoms with van der Waals surface area (Å²) in [5.41, 5.74) is 1.17. The van der Waals surface area contributed by atoms with E-state index in [2.05, 4.69) is 27.4 Å².